The third kappa shape index (κ3) is 3.82. The number of nitrogens with zero attached hydrogens (tertiary/aromatic N) is 1. The van der Waals surface area contributed by atoms with E-state index in [2.05, 4.69) is 64.8 Å². The van der Waals surface area contributed by atoms with Gasteiger partial charge < -0.3 is 10.0 Å². The molecule has 1 aromatic carbocycles. The van der Waals surface area contributed by atoms with Gasteiger partial charge in [0.05, 0.1) is 6.10 Å². The number of likely N-dealkylation sites (N-methyl/N-ethyl adjacent to an activating group) is 1. The second-order valence-corrected chi connectivity index (χ2v) is 5.80. The predicted octanol–water partition coefficient (Wildman–Crippen LogP) is 3.31. The van der Waals surface area contributed by atoms with Crippen LogP contribution in [0, 0.1) is 19.8 Å². The van der Waals surface area contributed by atoms with Crippen LogP contribution >= 0.6 is 0 Å². The zero-order valence-corrected chi connectivity index (χ0v) is 12.6. The summed E-state index contributed by atoms with van der Waals surface area (Å²) in [6, 6.07) is 6.74. The molecule has 0 aliphatic rings. The van der Waals surface area contributed by atoms with E-state index in [9.17, 15) is 5.11 Å². The van der Waals surface area contributed by atoms with Crippen LogP contribution in [0.5, 0.6) is 0 Å². The van der Waals surface area contributed by atoms with Gasteiger partial charge in [0.15, 0.2) is 0 Å². The molecule has 0 saturated heterocycles. The van der Waals surface area contributed by atoms with Crippen LogP contribution in [0.1, 0.15) is 43.6 Å². The van der Waals surface area contributed by atoms with E-state index in [4.69, 9.17) is 0 Å². The number of aliphatic hydroxyl groups excluding tert-OH is 1. The number of hydrogen-bond acceptors (Lipinski definition) is 2. The highest BCUT2D eigenvalue weighted by atomic mass is 16.3. The molecule has 0 aliphatic heterocycles. The first kappa shape index (κ1) is 15.2. The van der Waals surface area contributed by atoms with Gasteiger partial charge in [-0.3, -0.25) is 0 Å². The number of aryl methyl sites for hydroxylation is 2. The minimum Gasteiger partial charge on any atom is -0.387 e. The second-order valence-electron chi connectivity index (χ2n) is 5.80. The zero-order chi connectivity index (χ0) is 13.9. The summed E-state index contributed by atoms with van der Waals surface area (Å²) in [7, 11) is 2.08. The van der Waals surface area contributed by atoms with E-state index in [1.54, 1.807) is 0 Å². The fourth-order valence-electron chi connectivity index (χ4n) is 2.17. The highest BCUT2D eigenvalue weighted by Crippen LogP contribution is 2.21. The van der Waals surface area contributed by atoms with Crippen molar-refractivity contribution in [3.05, 3.63) is 34.9 Å². The van der Waals surface area contributed by atoms with Gasteiger partial charge in [0.25, 0.3) is 0 Å². The summed E-state index contributed by atoms with van der Waals surface area (Å²) in [6.07, 6.45) is -0.406. The SMILES string of the molecule is Cc1ccc(C)c(C(O)CN(C)C(C)C(C)C)c1. The fourth-order valence-corrected chi connectivity index (χ4v) is 2.17. The monoisotopic (exact) mass is 249 g/mol. The maximum Gasteiger partial charge on any atom is 0.0919 e. The van der Waals surface area contributed by atoms with Crippen molar-refractivity contribution in [3.63, 3.8) is 0 Å². The lowest BCUT2D eigenvalue weighted by Crippen LogP contribution is -2.36. The molecule has 0 fully saturated rings. The fraction of sp³-hybridized carbons (Fsp3) is 0.625. The smallest absolute Gasteiger partial charge is 0.0919 e. The highest BCUT2D eigenvalue weighted by molar-refractivity contribution is 5.32. The Kier molecular flexibility index (Phi) is 5.36. The molecule has 18 heavy (non-hydrogen) atoms. The van der Waals surface area contributed by atoms with Crippen LogP contribution in [0.25, 0.3) is 0 Å². The average molecular weight is 249 g/mol. The van der Waals surface area contributed by atoms with E-state index in [0.717, 1.165) is 5.56 Å². The lowest BCUT2D eigenvalue weighted by atomic mass is 9.99. The molecule has 0 bridgehead atoms. The Hall–Kier alpha value is -0.860. The molecule has 0 amide bonds. The number of aliphatic hydroxyl groups is 1. The van der Waals surface area contributed by atoms with Crippen LogP contribution in [0.4, 0.5) is 0 Å². The van der Waals surface area contributed by atoms with Gasteiger partial charge in [-0.2, -0.15) is 0 Å². The summed E-state index contributed by atoms with van der Waals surface area (Å²) < 4.78 is 0. The molecule has 0 saturated carbocycles. The van der Waals surface area contributed by atoms with Crippen LogP contribution < -0.4 is 0 Å². The van der Waals surface area contributed by atoms with Gasteiger partial charge in [-0.25, -0.2) is 0 Å². The van der Waals surface area contributed by atoms with E-state index < -0.39 is 6.10 Å². The van der Waals surface area contributed by atoms with Crippen molar-refractivity contribution in [2.75, 3.05) is 13.6 Å². The Morgan fingerprint density at radius 2 is 1.78 bits per heavy atom. The molecule has 2 atom stereocenters. The maximum atomic E-state index is 10.4. The third-order valence-electron chi connectivity index (χ3n) is 3.91. The van der Waals surface area contributed by atoms with Crippen LogP contribution in [0.3, 0.4) is 0 Å². The summed E-state index contributed by atoms with van der Waals surface area (Å²) in [5.41, 5.74) is 3.42. The molecule has 0 aliphatic carbocycles. The first-order valence-electron chi connectivity index (χ1n) is 6.78. The lowest BCUT2D eigenvalue weighted by Gasteiger charge is -2.30. The van der Waals surface area contributed by atoms with Gasteiger partial charge in [0.2, 0.25) is 0 Å². The lowest BCUT2D eigenvalue weighted by molar-refractivity contribution is 0.0951. The molecule has 2 heteroatoms. The predicted molar refractivity (Wildman–Crippen MR) is 77.8 cm³/mol. The van der Waals surface area contributed by atoms with Gasteiger partial charge in [0.1, 0.15) is 0 Å². The first-order valence-corrected chi connectivity index (χ1v) is 6.78. The molecule has 102 valence electrons. The number of hydrogen-bond donors (Lipinski definition) is 1. The molecule has 0 heterocycles. The minimum absolute atomic E-state index is 0.406. The average Bonchev–Trinajstić information content (AvgIpc) is 2.30. The Morgan fingerprint density at radius 3 is 2.33 bits per heavy atom. The molecule has 1 aromatic rings. The van der Waals surface area contributed by atoms with Gasteiger partial charge in [-0.1, -0.05) is 37.6 Å². The second kappa shape index (κ2) is 6.35. The van der Waals surface area contributed by atoms with Crippen molar-refractivity contribution in [1.82, 2.24) is 4.90 Å². The quantitative estimate of drug-likeness (QED) is 0.865. The normalized spacial score (nSPS) is 15.2. The van der Waals surface area contributed by atoms with Crippen LogP contribution in [-0.4, -0.2) is 29.6 Å². The van der Waals surface area contributed by atoms with E-state index in [-0.39, 0.29) is 0 Å². The van der Waals surface area contributed by atoms with E-state index >= 15 is 0 Å². The molecule has 0 aromatic heterocycles. The van der Waals surface area contributed by atoms with E-state index in [1.165, 1.54) is 11.1 Å². The molecular weight excluding hydrogens is 222 g/mol. The highest BCUT2D eigenvalue weighted by Gasteiger charge is 2.18. The Bertz CT molecular complexity index is 387. The molecule has 1 N–H and O–H groups in total. The van der Waals surface area contributed by atoms with Gasteiger partial charge in [-0.15, -0.1) is 0 Å². The zero-order valence-electron chi connectivity index (χ0n) is 12.6. The molecule has 2 unspecified atom stereocenters. The Labute approximate surface area is 112 Å². The van der Waals surface area contributed by atoms with Crippen LogP contribution in [0.2, 0.25) is 0 Å². The van der Waals surface area contributed by atoms with Crippen molar-refractivity contribution in [2.24, 2.45) is 5.92 Å². The van der Waals surface area contributed by atoms with Gasteiger partial charge in [-0.05, 0) is 44.9 Å². The van der Waals surface area contributed by atoms with E-state index in [1.807, 2.05) is 0 Å². The molecular formula is C16H27NO. The summed E-state index contributed by atoms with van der Waals surface area (Å²) in [5.74, 6) is 0.598. The number of benzene rings is 1. The van der Waals surface area contributed by atoms with Crippen LogP contribution in [-0.2, 0) is 0 Å². The molecule has 0 spiro atoms. The molecule has 1 rings (SSSR count). The summed E-state index contributed by atoms with van der Waals surface area (Å²) >= 11 is 0. The summed E-state index contributed by atoms with van der Waals surface area (Å²) in [5, 5.41) is 10.4. The third-order valence-corrected chi connectivity index (χ3v) is 3.91. The summed E-state index contributed by atoms with van der Waals surface area (Å²) in [4.78, 5) is 2.23. The largest absolute Gasteiger partial charge is 0.387 e. The van der Waals surface area contributed by atoms with Crippen molar-refractivity contribution in [2.45, 2.75) is 46.8 Å². The van der Waals surface area contributed by atoms with Crippen molar-refractivity contribution < 1.29 is 5.11 Å². The van der Waals surface area contributed by atoms with Crippen LogP contribution in [0.15, 0.2) is 18.2 Å². The maximum absolute atomic E-state index is 10.4. The van der Waals surface area contributed by atoms with Gasteiger partial charge in [0, 0.05) is 12.6 Å². The topological polar surface area (TPSA) is 23.5 Å². The van der Waals surface area contributed by atoms with Gasteiger partial charge >= 0.3 is 0 Å². The first-order chi connectivity index (χ1) is 8.32. The Morgan fingerprint density at radius 1 is 1.17 bits per heavy atom. The molecule has 2 nitrogen and oxygen atoms in total. The molecule has 0 radical (unpaired) electrons. The number of rotatable bonds is 5. The minimum atomic E-state index is -0.406. The van der Waals surface area contributed by atoms with Crippen molar-refractivity contribution >= 4 is 0 Å². The summed E-state index contributed by atoms with van der Waals surface area (Å²) in [6.45, 7) is 11.4. The van der Waals surface area contributed by atoms with E-state index in [0.29, 0.717) is 18.5 Å². The van der Waals surface area contributed by atoms with Crippen molar-refractivity contribution in [3.8, 4) is 0 Å². The van der Waals surface area contributed by atoms with Crippen molar-refractivity contribution in [1.29, 1.82) is 0 Å². The Balaban J connectivity index is 2.76. The standard InChI is InChI=1S/C16H27NO/c1-11(2)14(5)17(6)10-16(18)15-9-12(3)7-8-13(15)4/h7-9,11,14,16,18H,10H2,1-6H3.